The maximum Gasteiger partial charge on any atom is 0.308 e. The molecule has 3 nitrogen and oxygen atoms in total. The third-order valence-electron chi connectivity index (χ3n) is 2.43. The first-order valence-corrected chi connectivity index (χ1v) is 4.06. The molecule has 0 aromatic heterocycles. The third kappa shape index (κ3) is 1.71. The first-order chi connectivity index (χ1) is 5.13. The minimum Gasteiger partial charge on any atom is -0.481 e. The van der Waals surface area contributed by atoms with Crippen molar-refractivity contribution in [1.82, 2.24) is 5.32 Å². The molecule has 64 valence electrons. The second-order valence-corrected chi connectivity index (χ2v) is 3.51. The monoisotopic (exact) mass is 157 g/mol. The van der Waals surface area contributed by atoms with Crippen molar-refractivity contribution in [2.45, 2.75) is 13.8 Å². The molecular weight excluding hydrogens is 142 g/mol. The Morgan fingerprint density at radius 2 is 2.18 bits per heavy atom. The molecule has 11 heavy (non-hydrogen) atoms. The highest BCUT2D eigenvalue weighted by atomic mass is 16.4. The maximum absolute atomic E-state index is 10.7. The number of carbonyl (C=O) groups is 1. The van der Waals surface area contributed by atoms with E-state index in [0.29, 0.717) is 18.4 Å². The number of carboxylic acid groups (broad SMARTS) is 1. The molecule has 1 saturated heterocycles. The summed E-state index contributed by atoms with van der Waals surface area (Å²) in [7, 11) is 0. The second-order valence-electron chi connectivity index (χ2n) is 3.51. The van der Waals surface area contributed by atoms with Crippen molar-refractivity contribution < 1.29 is 9.90 Å². The molecule has 0 radical (unpaired) electrons. The molecule has 0 aromatic rings. The van der Waals surface area contributed by atoms with Crippen LogP contribution in [0, 0.1) is 17.8 Å². The van der Waals surface area contributed by atoms with E-state index in [2.05, 4.69) is 19.2 Å². The smallest absolute Gasteiger partial charge is 0.308 e. The van der Waals surface area contributed by atoms with Crippen LogP contribution < -0.4 is 5.32 Å². The van der Waals surface area contributed by atoms with Crippen LogP contribution in [0.2, 0.25) is 0 Å². The van der Waals surface area contributed by atoms with Crippen molar-refractivity contribution in [2.24, 2.45) is 17.8 Å². The molecule has 1 aliphatic heterocycles. The van der Waals surface area contributed by atoms with E-state index in [0.717, 1.165) is 6.54 Å². The molecule has 3 heteroatoms. The fourth-order valence-corrected chi connectivity index (χ4v) is 1.67. The van der Waals surface area contributed by atoms with Crippen LogP contribution in [0.4, 0.5) is 0 Å². The van der Waals surface area contributed by atoms with E-state index in [4.69, 9.17) is 5.11 Å². The van der Waals surface area contributed by atoms with Crippen molar-refractivity contribution in [3.8, 4) is 0 Å². The van der Waals surface area contributed by atoms with Crippen LogP contribution in [0.5, 0.6) is 0 Å². The summed E-state index contributed by atoms with van der Waals surface area (Å²) < 4.78 is 0. The van der Waals surface area contributed by atoms with E-state index in [1.54, 1.807) is 0 Å². The van der Waals surface area contributed by atoms with Crippen LogP contribution in [0.15, 0.2) is 0 Å². The maximum atomic E-state index is 10.7. The summed E-state index contributed by atoms with van der Waals surface area (Å²) in [6.07, 6.45) is 0. The van der Waals surface area contributed by atoms with E-state index >= 15 is 0 Å². The Labute approximate surface area is 66.8 Å². The van der Waals surface area contributed by atoms with E-state index in [9.17, 15) is 4.79 Å². The van der Waals surface area contributed by atoms with Gasteiger partial charge in [-0.15, -0.1) is 0 Å². The number of hydrogen-bond acceptors (Lipinski definition) is 2. The number of rotatable bonds is 2. The zero-order valence-corrected chi connectivity index (χ0v) is 7.00. The Kier molecular flexibility index (Phi) is 2.49. The molecule has 1 aliphatic rings. The molecule has 0 spiro atoms. The minimum atomic E-state index is -0.659. The zero-order chi connectivity index (χ0) is 8.43. The van der Waals surface area contributed by atoms with Gasteiger partial charge in [0.2, 0.25) is 0 Å². The van der Waals surface area contributed by atoms with Gasteiger partial charge in [-0.25, -0.2) is 0 Å². The predicted molar refractivity (Wildman–Crippen MR) is 42.3 cm³/mol. The highest BCUT2D eigenvalue weighted by Crippen LogP contribution is 2.24. The lowest BCUT2D eigenvalue weighted by Gasteiger charge is -2.17. The molecule has 0 unspecified atom stereocenters. The summed E-state index contributed by atoms with van der Waals surface area (Å²) in [6.45, 7) is 5.65. The van der Waals surface area contributed by atoms with Crippen molar-refractivity contribution >= 4 is 5.97 Å². The van der Waals surface area contributed by atoms with Gasteiger partial charge in [-0.2, -0.15) is 0 Å². The SMILES string of the molecule is CC(C)[C@@H]1CNC[C@@H]1C(=O)O. The van der Waals surface area contributed by atoms with Gasteiger partial charge in [-0.05, 0) is 18.4 Å². The molecule has 1 fully saturated rings. The Bertz CT molecular complexity index is 156. The minimum absolute atomic E-state index is 0.171. The largest absolute Gasteiger partial charge is 0.481 e. The summed E-state index contributed by atoms with van der Waals surface area (Å²) in [4.78, 5) is 10.7. The van der Waals surface area contributed by atoms with Gasteiger partial charge in [0, 0.05) is 6.54 Å². The van der Waals surface area contributed by atoms with E-state index in [1.165, 1.54) is 0 Å². The van der Waals surface area contributed by atoms with E-state index < -0.39 is 5.97 Å². The third-order valence-corrected chi connectivity index (χ3v) is 2.43. The molecule has 0 aromatic carbocycles. The summed E-state index contributed by atoms with van der Waals surface area (Å²) in [5, 5.41) is 11.9. The Morgan fingerprint density at radius 1 is 1.55 bits per heavy atom. The predicted octanol–water partition coefficient (Wildman–Crippen LogP) is 0.563. The summed E-state index contributed by atoms with van der Waals surface area (Å²) in [5.74, 6) is -0.0534. The lowest BCUT2D eigenvalue weighted by atomic mass is 9.86. The molecule has 0 amide bonds. The molecule has 1 rings (SSSR count). The zero-order valence-electron chi connectivity index (χ0n) is 7.00. The van der Waals surface area contributed by atoms with E-state index in [-0.39, 0.29) is 5.92 Å². The van der Waals surface area contributed by atoms with Crippen LogP contribution in [-0.2, 0) is 4.79 Å². The van der Waals surface area contributed by atoms with Gasteiger partial charge in [0.25, 0.3) is 0 Å². The topological polar surface area (TPSA) is 49.3 Å². The average molecular weight is 157 g/mol. The van der Waals surface area contributed by atoms with Crippen LogP contribution >= 0.6 is 0 Å². The number of aliphatic carboxylic acids is 1. The number of hydrogen-bond donors (Lipinski definition) is 2. The molecule has 0 bridgehead atoms. The highest BCUT2D eigenvalue weighted by Gasteiger charge is 2.34. The first kappa shape index (κ1) is 8.53. The standard InChI is InChI=1S/C8H15NO2/c1-5(2)6-3-9-4-7(6)8(10)11/h5-7,9H,3-4H2,1-2H3,(H,10,11)/t6-,7-/m0/s1. The van der Waals surface area contributed by atoms with Crippen LogP contribution in [-0.4, -0.2) is 24.2 Å². The van der Waals surface area contributed by atoms with Gasteiger partial charge in [0.1, 0.15) is 0 Å². The Morgan fingerprint density at radius 3 is 2.55 bits per heavy atom. The second kappa shape index (κ2) is 3.22. The molecular formula is C8H15NO2. The van der Waals surface area contributed by atoms with E-state index in [1.807, 2.05) is 0 Å². The lowest BCUT2D eigenvalue weighted by molar-refractivity contribution is -0.142. The van der Waals surface area contributed by atoms with Gasteiger partial charge in [0.05, 0.1) is 5.92 Å². The fourth-order valence-electron chi connectivity index (χ4n) is 1.67. The van der Waals surface area contributed by atoms with Gasteiger partial charge in [0.15, 0.2) is 0 Å². The number of carboxylic acids is 1. The Balaban J connectivity index is 2.58. The van der Waals surface area contributed by atoms with Crippen LogP contribution in [0.25, 0.3) is 0 Å². The normalized spacial score (nSPS) is 31.2. The van der Waals surface area contributed by atoms with Crippen molar-refractivity contribution in [2.75, 3.05) is 13.1 Å². The van der Waals surface area contributed by atoms with Crippen molar-refractivity contribution in [3.63, 3.8) is 0 Å². The van der Waals surface area contributed by atoms with Gasteiger partial charge in [-0.3, -0.25) is 4.79 Å². The van der Waals surface area contributed by atoms with Gasteiger partial charge in [-0.1, -0.05) is 13.8 Å². The van der Waals surface area contributed by atoms with Crippen molar-refractivity contribution in [1.29, 1.82) is 0 Å². The molecule has 2 N–H and O–H groups in total. The summed E-state index contributed by atoms with van der Waals surface area (Å²) in [6, 6.07) is 0. The number of nitrogens with one attached hydrogen (secondary N) is 1. The summed E-state index contributed by atoms with van der Waals surface area (Å²) in [5.41, 5.74) is 0. The molecule has 1 heterocycles. The fraction of sp³-hybridized carbons (Fsp3) is 0.875. The highest BCUT2D eigenvalue weighted by molar-refractivity contribution is 5.71. The Hall–Kier alpha value is -0.570. The van der Waals surface area contributed by atoms with Gasteiger partial charge < -0.3 is 10.4 Å². The van der Waals surface area contributed by atoms with Crippen molar-refractivity contribution in [3.05, 3.63) is 0 Å². The first-order valence-electron chi connectivity index (χ1n) is 4.06. The van der Waals surface area contributed by atoms with Crippen LogP contribution in [0.3, 0.4) is 0 Å². The van der Waals surface area contributed by atoms with Crippen LogP contribution in [0.1, 0.15) is 13.8 Å². The summed E-state index contributed by atoms with van der Waals surface area (Å²) >= 11 is 0. The molecule has 2 atom stereocenters. The average Bonchev–Trinajstić information content (AvgIpc) is 2.32. The quantitative estimate of drug-likeness (QED) is 0.616. The molecule has 0 aliphatic carbocycles. The lowest BCUT2D eigenvalue weighted by Crippen LogP contribution is -2.25. The van der Waals surface area contributed by atoms with Gasteiger partial charge >= 0.3 is 5.97 Å². The molecule has 0 saturated carbocycles.